The molecule has 6 rings (SSSR count). The zero-order valence-corrected chi connectivity index (χ0v) is 13.4. The van der Waals surface area contributed by atoms with Gasteiger partial charge in [-0.3, -0.25) is 0 Å². The molecule has 114 valence electrons. The lowest BCUT2D eigenvalue weighted by Gasteiger charge is -2.65. The Kier molecular flexibility index (Phi) is 3.04. The summed E-state index contributed by atoms with van der Waals surface area (Å²) in [6.07, 6.45) is 17.0. The minimum absolute atomic E-state index is 0. The van der Waals surface area contributed by atoms with Crippen LogP contribution in [0, 0.1) is 34.5 Å². The molecule has 6 aliphatic rings. The second-order valence-corrected chi connectivity index (χ2v) is 9.21. The molecule has 2 heteroatoms. The quantitative estimate of drug-likeness (QED) is 0.712. The highest BCUT2D eigenvalue weighted by molar-refractivity contribution is 5.10. The van der Waals surface area contributed by atoms with Crippen LogP contribution in [0.25, 0.3) is 0 Å². The lowest BCUT2D eigenvalue weighted by molar-refractivity contribution is -0.150. The summed E-state index contributed by atoms with van der Waals surface area (Å²) in [6.45, 7) is 0. The topological polar surface area (TPSA) is 26.0 Å². The molecule has 6 aliphatic carbocycles. The zero-order valence-electron chi connectivity index (χ0n) is 12.6. The van der Waals surface area contributed by atoms with Gasteiger partial charge in [-0.1, -0.05) is 0 Å². The molecule has 0 unspecified atom stereocenters. The summed E-state index contributed by atoms with van der Waals surface area (Å²) in [7, 11) is 0. The Morgan fingerprint density at radius 1 is 0.700 bits per heavy atom. The van der Waals surface area contributed by atoms with E-state index in [9.17, 15) is 0 Å². The molecule has 1 nitrogen and oxygen atoms in total. The Morgan fingerprint density at radius 2 is 1.20 bits per heavy atom. The van der Waals surface area contributed by atoms with Gasteiger partial charge < -0.3 is 18.1 Å². The van der Waals surface area contributed by atoms with Crippen molar-refractivity contribution < 1.29 is 12.4 Å². The molecule has 6 saturated carbocycles. The van der Waals surface area contributed by atoms with Crippen molar-refractivity contribution in [2.75, 3.05) is 0 Å². The number of rotatable bonds is 0. The molecule has 0 radical (unpaired) electrons. The first kappa shape index (κ1) is 13.9. The van der Waals surface area contributed by atoms with Crippen LogP contribution in [0.4, 0.5) is 0 Å². The molecule has 4 bridgehead atoms. The molecule has 0 saturated heterocycles. The monoisotopic (exact) mass is 294 g/mol. The van der Waals surface area contributed by atoms with Crippen molar-refractivity contribution in [2.45, 2.75) is 76.7 Å². The van der Waals surface area contributed by atoms with E-state index in [4.69, 9.17) is 5.73 Å². The Labute approximate surface area is 129 Å². The van der Waals surface area contributed by atoms with E-state index >= 15 is 0 Å². The number of hydrogen-bond acceptors (Lipinski definition) is 1. The van der Waals surface area contributed by atoms with Gasteiger partial charge in [-0.2, -0.15) is 0 Å². The second kappa shape index (κ2) is 4.38. The molecular formula is C18H29ClN-. The van der Waals surface area contributed by atoms with Crippen molar-refractivity contribution >= 4 is 0 Å². The van der Waals surface area contributed by atoms with Crippen LogP contribution >= 0.6 is 0 Å². The van der Waals surface area contributed by atoms with Gasteiger partial charge in [0.2, 0.25) is 0 Å². The van der Waals surface area contributed by atoms with E-state index in [-0.39, 0.29) is 12.4 Å². The third-order valence-electron chi connectivity index (χ3n) is 8.40. The third kappa shape index (κ3) is 1.72. The molecule has 0 atom stereocenters. The number of halogens is 1. The summed E-state index contributed by atoms with van der Waals surface area (Å²) in [5.41, 5.74) is 7.61. The fraction of sp³-hybridized carbons (Fsp3) is 1.00. The van der Waals surface area contributed by atoms with E-state index in [2.05, 4.69) is 0 Å². The predicted molar refractivity (Wildman–Crippen MR) is 77.6 cm³/mol. The van der Waals surface area contributed by atoms with Crippen molar-refractivity contribution in [1.82, 2.24) is 0 Å². The minimum Gasteiger partial charge on any atom is -1.00 e. The summed E-state index contributed by atoms with van der Waals surface area (Å²) in [4.78, 5) is 0. The van der Waals surface area contributed by atoms with Crippen LogP contribution < -0.4 is 18.1 Å². The normalized spacial score (nSPS) is 59.5. The van der Waals surface area contributed by atoms with E-state index in [1.54, 1.807) is 44.9 Å². The average Bonchev–Trinajstić information content (AvgIpc) is 2.35. The second-order valence-electron chi connectivity index (χ2n) is 9.21. The standard InChI is InChI=1S/C18H29N.ClH/c19-16-10-17(11-16)1-3-18(4-2-17)14-6-12-5-13(8-14)9-15(18)7-12;/h12-16H,1-11,19H2;1H/p-1. The van der Waals surface area contributed by atoms with E-state index in [1.807, 2.05) is 0 Å². The Morgan fingerprint density at radius 3 is 1.65 bits per heavy atom. The van der Waals surface area contributed by atoms with Crippen LogP contribution in [0.1, 0.15) is 70.6 Å². The van der Waals surface area contributed by atoms with Crippen LogP contribution in [0.2, 0.25) is 0 Å². The van der Waals surface area contributed by atoms with E-state index < -0.39 is 0 Å². The summed E-state index contributed by atoms with van der Waals surface area (Å²) in [5, 5.41) is 0. The van der Waals surface area contributed by atoms with Crippen LogP contribution in [0.5, 0.6) is 0 Å². The summed E-state index contributed by atoms with van der Waals surface area (Å²) < 4.78 is 0. The molecule has 0 aliphatic heterocycles. The molecule has 6 fully saturated rings. The minimum atomic E-state index is 0. The molecule has 0 heterocycles. The smallest absolute Gasteiger partial charge is 0.00494 e. The van der Waals surface area contributed by atoms with Crippen LogP contribution in [0.15, 0.2) is 0 Å². The van der Waals surface area contributed by atoms with Crippen molar-refractivity contribution in [1.29, 1.82) is 0 Å². The van der Waals surface area contributed by atoms with E-state index in [0.717, 1.165) is 34.5 Å². The summed E-state index contributed by atoms with van der Waals surface area (Å²) >= 11 is 0. The van der Waals surface area contributed by atoms with Crippen molar-refractivity contribution in [3.8, 4) is 0 Å². The third-order valence-corrected chi connectivity index (χ3v) is 8.40. The maximum atomic E-state index is 6.07. The van der Waals surface area contributed by atoms with Crippen LogP contribution in [0.3, 0.4) is 0 Å². The fourth-order valence-corrected chi connectivity index (χ4v) is 7.65. The van der Waals surface area contributed by atoms with Crippen molar-refractivity contribution in [3.63, 3.8) is 0 Å². The Balaban J connectivity index is 0.00000106. The molecule has 0 aromatic heterocycles. The first-order valence-electron chi connectivity index (χ1n) is 8.93. The van der Waals surface area contributed by atoms with Gasteiger partial charge in [-0.25, -0.2) is 0 Å². The fourth-order valence-electron chi connectivity index (χ4n) is 7.65. The summed E-state index contributed by atoms with van der Waals surface area (Å²) in [6, 6.07) is 0.549. The van der Waals surface area contributed by atoms with Gasteiger partial charge >= 0.3 is 0 Å². The van der Waals surface area contributed by atoms with Crippen LogP contribution in [-0.4, -0.2) is 6.04 Å². The van der Waals surface area contributed by atoms with Crippen molar-refractivity contribution in [2.24, 2.45) is 40.2 Å². The van der Waals surface area contributed by atoms with Gasteiger partial charge in [-0.05, 0) is 105 Å². The molecule has 0 amide bonds. The SMILES string of the molecule is NC1CC2(CCC3(CC2)C2CC4CC(C2)CC3C4)C1.[Cl-]. The average molecular weight is 295 g/mol. The van der Waals surface area contributed by atoms with Gasteiger partial charge in [0.25, 0.3) is 0 Å². The lowest BCUT2D eigenvalue weighted by atomic mass is 9.40. The highest BCUT2D eigenvalue weighted by atomic mass is 35.5. The molecule has 0 aromatic carbocycles. The first-order chi connectivity index (χ1) is 9.18. The van der Waals surface area contributed by atoms with E-state index in [1.165, 1.54) is 25.7 Å². The zero-order chi connectivity index (χ0) is 12.7. The number of hydrogen-bond donors (Lipinski definition) is 1. The summed E-state index contributed by atoms with van der Waals surface area (Å²) in [5.74, 6) is 4.55. The van der Waals surface area contributed by atoms with Crippen LogP contribution in [-0.2, 0) is 0 Å². The molecule has 0 aromatic rings. The van der Waals surface area contributed by atoms with Gasteiger partial charge in [0.1, 0.15) is 0 Å². The van der Waals surface area contributed by atoms with Gasteiger partial charge in [0.05, 0.1) is 0 Å². The lowest BCUT2D eigenvalue weighted by Crippen LogP contribution is -3.00. The Bertz CT molecular complexity index is 358. The van der Waals surface area contributed by atoms with Gasteiger partial charge in [-0.15, -0.1) is 0 Å². The highest BCUT2D eigenvalue weighted by Gasteiger charge is 2.59. The highest BCUT2D eigenvalue weighted by Crippen LogP contribution is 2.69. The Hall–Kier alpha value is 0.250. The first-order valence-corrected chi connectivity index (χ1v) is 8.93. The molecule has 2 N–H and O–H groups in total. The molecule has 2 spiro atoms. The maximum Gasteiger partial charge on any atom is 0.00494 e. The van der Waals surface area contributed by atoms with E-state index in [0.29, 0.717) is 6.04 Å². The van der Waals surface area contributed by atoms with Gasteiger partial charge in [0.15, 0.2) is 0 Å². The maximum absolute atomic E-state index is 6.07. The number of nitrogens with two attached hydrogens (primary N) is 1. The molecule has 20 heavy (non-hydrogen) atoms. The largest absolute Gasteiger partial charge is 1.00 e. The predicted octanol–water partition coefficient (Wildman–Crippen LogP) is 1.11. The molecular weight excluding hydrogens is 266 g/mol. The van der Waals surface area contributed by atoms with Crippen molar-refractivity contribution in [3.05, 3.63) is 0 Å². The van der Waals surface area contributed by atoms with Gasteiger partial charge in [0, 0.05) is 6.04 Å².